The molecule has 2 aliphatic heterocycles. The van der Waals surface area contributed by atoms with Crippen LogP contribution >= 0.6 is 0 Å². The summed E-state index contributed by atoms with van der Waals surface area (Å²) in [7, 11) is 2.12. The zero-order valence-corrected chi connectivity index (χ0v) is 10.9. The van der Waals surface area contributed by atoms with Gasteiger partial charge in [-0.05, 0) is 32.7 Å². The zero-order valence-electron chi connectivity index (χ0n) is 10.9. The molecule has 0 aromatic rings. The van der Waals surface area contributed by atoms with E-state index in [1.165, 1.54) is 51.4 Å². The lowest BCUT2D eigenvalue weighted by Crippen LogP contribution is -2.38. The van der Waals surface area contributed by atoms with Gasteiger partial charge in [0.25, 0.3) is 0 Å². The summed E-state index contributed by atoms with van der Waals surface area (Å²) in [6.45, 7) is 2.28. The maximum absolute atomic E-state index is 5.96. The monoisotopic (exact) mass is 225 g/mol. The zero-order chi connectivity index (χ0) is 11.4. The van der Waals surface area contributed by atoms with Crippen LogP contribution in [0, 0.1) is 5.92 Å². The Balaban J connectivity index is 1.72. The third-order valence-corrected chi connectivity index (χ3v) is 4.41. The Bertz CT molecular complexity index is 207. The van der Waals surface area contributed by atoms with Crippen molar-refractivity contribution in [3.05, 3.63) is 0 Å². The predicted octanol–water partition coefficient (Wildman–Crippen LogP) is 3.11. The highest BCUT2D eigenvalue weighted by molar-refractivity contribution is 4.94. The van der Waals surface area contributed by atoms with E-state index in [-0.39, 0.29) is 0 Å². The molecule has 0 spiro atoms. The maximum Gasteiger partial charge on any atom is 0.0623 e. The van der Waals surface area contributed by atoms with E-state index in [0.29, 0.717) is 18.2 Å². The summed E-state index contributed by atoms with van der Waals surface area (Å²) in [4.78, 5) is 0. The first-order valence-corrected chi connectivity index (χ1v) is 7.18. The van der Waals surface area contributed by atoms with E-state index >= 15 is 0 Å². The molecule has 0 aromatic heterocycles. The molecular formula is C14H27NO. The molecule has 0 aliphatic carbocycles. The molecular weight excluding hydrogens is 198 g/mol. The number of nitrogens with one attached hydrogen (secondary N) is 1. The van der Waals surface area contributed by atoms with Crippen LogP contribution in [0.25, 0.3) is 0 Å². The van der Waals surface area contributed by atoms with Crippen molar-refractivity contribution in [2.24, 2.45) is 5.92 Å². The third-order valence-electron chi connectivity index (χ3n) is 4.41. The van der Waals surface area contributed by atoms with Crippen LogP contribution in [-0.4, -0.2) is 25.3 Å². The lowest BCUT2D eigenvalue weighted by atomic mass is 9.82. The Morgan fingerprint density at radius 1 is 1.25 bits per heavy atom. The fraction of sp³-hybridized carbons (Fsp3) is 1.00. The van der Waals surface area contributed by atoms with Gasteiger partial charge < -0.3 is 10.1 Å². The van der Waals surface area contributed by atoms with E-state index in [2.05, 4.69) is 19.3 Å². The van der Waals surface area contributed by atoms with E-state index in [0.717, 1.165) is 5.92 Å². The Morgan fingerprint density at radius 2 is 2.12 bits per heavy atom. The first kappa shape index (κ1) is 12.4. The Labute approximate surface area is 100 Å². The summed E-state index contributed by atoms with van der Waals surface area (Å²) < 4.78 is 5.96. The molecule has 2 heteroatoms. The average molecular weight is 225 g/mol. The summed E-state index contributed by atoms with van der Waals surface area (Å²) in [6, 6.07) is 0.701. The van der Waals surface area contributed by atoms with E-state index in [9.17, 15) is 0 Å². The first-order chi connectivity index (χ1) is 7.85. The summed E-state index contributed by atoms with van der Waals surface area (Å²) in [6.07, 6.45) is 12.0. The fourth-order valence-corrected chi connectivity index (χ4v) is 3.46. The molecule has 0 radical (unpaired) electrons. The molecule has 2 rings (SSSR count). The lowest BCUT2D eigenvalue weighted by Gasteiger charge is -2.28. The SMILES string of the molecule is CCCCCCC(NC)C1CC2CCC1O2. The van der Waals surface area contributed by atoms with Gasteiger partial charge in [-0.1, -0.05) is 32.6 Å². The van der Waals surface area contributed by atoms with Crippen LogP contribution in [0.2, 0.25) is 0 Å². The number of rotatable bonds is 7. The van der Waals surface area contributed by atoms with Crippen molar-refractivity contribution in [3.63, 3.8) is 0 Å². The van der Waals surface area contributed by atoms with Crippen molar-refractivity contribution in [2.75, 3.05) is 7.05 Å². The molecule has 2 nitrogen and oxygen atoms in total. The van der Waals surface area contributed by atoms with E-state index in [1.807, 2.05) is 0 Å². The van der Waals surface area contributed by atoms with Crippen LogP contribution < -0.4 is 5.32 Å². The quantitative estimate of drug-likeness (QED) is 0.672. The fourth-order valence-electron chi connectivity index (χ4n) is 3.46. The Kier molecular flexibility index (Phi) is 4.66. The van der Waals surface area contributed by atoms with Crippen LogP contribution in [0.5, 0.6) is 0 Å². The van der Waals surface area contributed by atoms with E-state index in [1.54, 1.807) is 0 Å². The van der Waals surface area contributed by atoms with Crippen LogP contribution in [0.4, 0.5) is 0 Å². The minimum atomic E-state index is 0.577. The van der Waals surface area contributed by atoms with Crippen LogP contribution in [0.1, 0.15) is 58.3 Å². The minimum Gasteiger partial charge on any atom is -0.375 e. The molecule has 1 N–H and O–H groups in total. The van der Waals surface area contributed by atoms with Crippen molar-refractivity contribution < 1.29 is 4.74 Å². The van der Waals surface area contributed by atoms with Crippen molar-refractivity contribution >= 4 is 0 Å². The van der Waals surface area contributed by atoms with Gasteiger partial charge in [-0.25, -0.2) is 0 Å². The maximum atomic E-state index is 5.96. The van der Waals surface area contributed by atoms with Crippen molar-refractivity contribution in [3.8, 4) is 0 Å². The highest BCUT2D eigenvalue weighted by Gasteiger charge is 2.43. The predicted molar refractivity (Wildman–Crippen MR) is 67.6 cm³/mol. The number of hydrogen-bond donors (Lipinski definition) is 1. The molecule has 0 aromatic carbocycles. The van der Waals surface area contributed by atoms with Crippen LogP contribution in [0.3, 0.4) is 0 Å². The molecule has 16 heavy (non-hydrogen) atoms. The molecule has 4 unspecified atom stereocenters. The molecule has 2 saturated heterocycles. The highest BCUT2D eigenvalue weighted by atomic mass is 16.5. The summed E-state index contributed by atoms with van der Waals surface area (Å²) in [5.74, 6) is 0.797. The summed E-state index contributed by atoms with van der Waals surface area (Å²) >= 11 is 0. The average Bonchev–Trinajstić information content (AvgIpc) is 2.91. The molecule has 94 valence electrons. The Morgan fingerprint density at radius 3 is 2.69 bits per heavy atom. The molecule has 0 amide bonds. The largest absolute Gasteiger partial charge is 0.375 e. The van der Waals surface area contributed by atoms with Crippen molar-refractivity contribution in [1.82, 2.24) is 5.32 Å². The molecule has 2 bridgehead atoms. The normalized spacial score (nSPS) is 34.5. The van der Waals surface area contributed by atoms with Gasteiger partial charge in [0, 0.05) is 12.0 Å². The second-order valence-electron chi connectivity index (χ2n) is 5.52. The molecule has 2 aliphatic rings. The summed E-state index contributed by atoms with van der Waals surface area (Å²) in [5.41, 5.74) is 0. The van der Waals surface area contributed by atoms with Crippen LogP contribution in [0.15, 0.2) is 0 Å². The van der Waals surface area contributed by atoms with Gasteiger partial charge >= 0.3 is 0 Å². The van der Waals surface area contributed by atoms with Crippen molar-refractivity contribution in [2.45, 2.75) is 76.5 Å². The van der Waals surface area contributed by atoms with Gasteiger partial charge in [-0.2, -0.15) is 0 Å². The van der Waals surface area contributed by atoms with Gasteiger partial charge in [0.2, 0.25) is 0 Å². The first-order valence-electron chi connectivity index (χ1n) is 7.18. The van der Waals surface area contributed by atoms with Gasteiger partial charge in [0.1, 0.15) is 0 Å². The van der Waals surface area contributed by atoms with Gasteiger partial charge in [-0.3, -0.25) is 0 Å². The van der Waals surface area contributed by atoms with Crippen LogP contribution in [-0.2, 0) is 4.74 Å². The third kappa shape index (κ3) is 2.78. The van der Waals surface area contributed by atoms with Gasteiger partial charge in [0.05, 0.1) is 12.2 Å². The second-order valence-corrected chi connectivity index (χ2v) is 5.52. The Hall–Kier alpha value is -0.0800. The standard InChI is InChI=1S/C14H27NO/c1-3-4-5-6-7-13(15-2)12-10-11-8-9-14(12)16-11/h11-15H,3-10H2,1-2H3. The van der Waals surface area contributed by atoms with Gasteiger partial charge in [0.15, 0.2) is 0 Å². The van der Waals surface area contributed by atoms with E-state index in [4.69, 9.17) is 4.74 Å². The number of hydrogen-bond acceptors (Lipinski definition) is 2. The number of ether oxygens (including phenoxy) is 1. The smallest absolute Gasteiger partial charge is 0.0623 e. The number of fused-ring (bicyclic) bond motifs is 2. The van der Waals surface area contributed by atoms with Crippen molar-refractivity contribution in [1.29, 1.82) is 0 Å². The molecule has 2 fully saturated rings. The number of unbranched alkanes of at least 4 members (excludes halogenated alkanes) is 3. The molecule has 0 saturated carbocycles. The minimum absolute atomic E-state index is 0.577. The van der Waals surface area contributed by atoms with Gasteiger partial charge in [-0.15, -0.1) is 0 Å². The lowest BCUT2D eigenvalue weighted by molar-refractivity contribution is 0.0854. The van der Waals surface area contributed by atoms with E-state index < -0.39 is 0 Å². The summed E-state index contributed by atoms with van der Waals surface area (Å²) in [5, 5.41) is 3.53. The molecule has 2 heterocycles. The molecule has 4 atom stereocenters. The topological polar surface area (TPSA) is 21.3 Å². The second kappa shape index (κ2) is 6.02. The highest BCUT2D eigenvalue weighted by Crippen LogP contribution is 2.41.